The number of amides is 1. The summed E-state index contributed by atoms with van der Waals surface area (Å²) in [7, 11) is 1.36. The second kappa shape index (κ2) is 8.24. The van der Waals surface area contributed by atoms with E-state index in [-0.39, 0.29) is 23.7 Å². The van der Waals surface area contributed by atoms with E-state index in [0.717, 1.165) is 22.8 Å². The number of benzene rings is 1. The van der Waals surface area contributed by atoms with Gasteiger partial charge < -0.3 is 10.1 Å². The number of hydrogen-bond donors (Lipinski definition) is 1. The summed E-state index contributed by atoms with van der Waals surface area (Å²) >= 11 is 1.52. The molecule has 0 unspecified atom stereocenters. The maximum absolute atomic E-state index is 13.0. The number of nitrogens with one attached hydrogen (secondary N) is 1. The summed E-state index contributed by atoms with van der Waals surface area (Å²) in [6.45, 7) is 4.28. The largest absolute Gasteiger partial charge is 0.493 e. The van der Waals surface area contributed by atoms with Gasteiger partial charge in [0.05, 0.1) is 41.8 Å². The van der Waals surface area contributed by atoms with Crippen LogP contribution in [0.3, 0.4) is 0 Å². The Morgan fingerprint density at radius 2 is 2.10 bits per heavy atom. The van der Waals surface area contributed by atoms with E-state index in [1.807, 2.05) is 19.2 Å². The van der Waals surface area contributed by atoms with Crippen molar-refractivity contribution >= 4 is 17.2 Å². The predicted octanol–water partition coefficient (Wildman–Crippen LogP) is 4.41. The van der Waals surface area contributed by atoms with E-state index in [4.69, 9.17) is 4.74 Å². The van der Waals surface area contributed by atoms with Crippen molar-refractivity contribution < 1.29 is 22.7 Å². The molecule has 2 heterocycles. The van der Waals surface area contributed by atoms with Crippen LogP contribution in [0.15, 0.2) is 35.8 Å². The van der Waals surface area contributed by atoms with Crippen molar-refractivity contribution in [2.75, 3.05) is 7.11 Å². The average Bonchev–Trinajstić information content (AvgIpc) is 3.32. The predicted molar refractivity (Wildman–Crippen MR) is 102 cm³/mol. The van der Waals surface area contributed by atoms with Crippen molar-refractivity contribution in [3.05, 3.63) is 57.8 Å². The number of thiazole rings is 1. The second-order valence-corrected chi connectivity index (χ2v) is 7.44. The van der Waals surface area contributed by atoms with Gasteiger partial charge in [-0.3, -0.25) is 4.79 Å². The van der Waals surface area contributed by atoms with E-state index < -0.39 is 17.6 Å². The third-order valence-corrected chi connectivity index (χ3v) is 5.24. The van der Waals surface area contributed by atoms with Gasteiger partial charge in [0.2, 0.25) is 0 Å². The van der Waals surface area contributed by atoms with Crippen molar-refractivity contribution in [2.24, 2.45) is 0 Å². The summed E-state index contributed by atoms with van der Waals surface area (Å²) in [4.78, 5) is 17.0. The first-order chi connectivity index (χ1) is 13.7. The molecular formula is C19H19F3N4O2S. The van der Waals surface area contributed by atoms with Crippen LogP contribution in [0.5, 0.6) is 5.75 Å². The number of aromatic nitrogens is 3. The van der Waals surface area contributed by atoms with Crippen LogP contribution in [-0.4, -0.2) is 27.8 Å². The Balaban J connectivity index is 1.79. The van der Waals surface area contributed by atoms with Crippen molar-refractivity contribution in [3.8, 4) is 11.4 Å². The monoisotopic (exact) mass is 424 g/mol. The summed E-state index contributed by atoms with van der Waals surface area (Å²) in [5.74, 6) is -0.0552. The van der Waals surface area contributed by atoms with Gasteiger partial charge in [0, 0.05) is 11.3 Å². The Hall–Kier alpha value is -2.88. The minimum atomic E-state index is -4.48. The zero-order valence-corrected chi connectivity index (χ0v) is 16.8. The SMILES string of the molecule is COc1cn(-c2cccc(C(F)(F)F)c2)nc1C(=O)NCc1csc(C(C)C)n1. The van der Waals surface area contributed by atoms with E-state index in [9.17, 15) is 18.0 Å². The molecule has 0 aliphatic rings. The normalized spacial score (nSPS) is 11.7. The Morgan fingerprint density at radius 1 is 1.34 bits per heavy atom. The highest BCUT2D eigenvalue weighted by Crippen LogP contribution is 2.30. The standard InChI is InChI=1S/C19H19F3N4O2S/c1-11(2)18-24-13(10-29-18)8-23-17(27)16-15(28-3)9-26(25-16)14-6-4-5-12(7-14)19(20,21)22/h4-7,9-11H,8H2,1-3H3,(H,23,27). The fourth-order valence-electron chi connectivity index (χ4n) is 2.55. The molecule has 29 heavy (non-hydrogen) atoms. The van der Waals surface area contributed by atoms with Crippen LogP contribution in [0.1, 0.15) is 46.5 Å². The molecule has 0 bridgehead atoms. The maximum Gasteiger partial charge on any atom is 0.416 e. The Labute approximate surface area is 169 Å². The number of alkyl halides is 3. The van der Waals surface area contributed by atoms with Gasteiger partial charge in [-0.1, -0.05) is 19.9 Å². The maximum atomic E-state index is 13.0. The zero-order valence-electron chi connectivity index (χ0n) is 15.9. The first-order valence-electron chi connectivity index (χ1n) is 8.73. The molecule has 10 heteroatoms. The van der Waals surface area contributed by atoms with E-state index in [0.29, 0.717) is 5.92 Å². The van der Waals surface area contributed by atoms with Gasteiger partial charge >= 0.3 is 6.18 Å². The van der Waals surface area contributed by atoms with Crippen LogP contribution in [0.2, 0.25) is 0 Å². The quantitative estimate of drug-likeness (QED) is 0.637. The van der Waals surface area contributed by atoms with Crippen LogP contribution in [0.25, 0.3) is 5.69 Å². The number of halogens is 3. The summed E-state index contributed by atoms with van der Waals surface area (Å²) in [5.41, 5.74) is 0.0609. The first-order valence-corrected chi connectivity index (χ1v) is 9.60. The van der Waals surface area contributed by atoms with Gasteiger partial charge in [-0.2, -0.15) is 18.3 Å². The molecule has 6 nitrogen and oxygen atoms in total. The molecular weight excluding hydrogens is 405 g/mol. The highest BCUT2D eigenvalue weighted by Gasteiger charge is 2.30. The van der Waals surface area contributed by atoms with Crippen molar-refractivity contribution in [1.29, 1.82) is 0 Å². The van der Waals surface area contributed by atoms with Gasteiger partial charge in [0.15, 0.2) is 11.4 Å². The van der Waals surface area contributed by atoms with E-state index in [2.05, 4.69) is 15.4 Å². The molecule has 0 fully saturated rings. The van der Waals surface area contributed by atoms with E-state index in [1.165, 1.54) is 41.5 Å². The minimum absolute atomic E-state index is 0.0239. The van der Waals surface area contributed by atoms with Gasteiger partial charge in [-0.05, 0) is 18.2 Å². The lowest BCUT2D eigenvalue weighted by molar-refractivity contribution is -0.137. The second-order valence-electron chi connectivity index (χ2n) is 6.55. The molecule has 0 spiro atoms. The first kappa shape index (κ1) is 20.8. The summed E-state index contributed by atoms with van der Waals surface area (Å²) in [6.07, 6.45) is -3.11. The van der Waals surface area contributed by atoms with Gasteiger partial charge in [-0.15, -0.1) is 11.3 Å². The smallest absolute Gasteiger partial charge is 0.416 e. The summed E-state index contributed by atoms with van der Waals surface area (Å²) in [6, 6.07) is 4.67. The van der Waals surface area contributed by atoms with Crippen molar-refractivity contribution in [2.45, 2.75) is 32.5 Å². The minimum Gasteiger partial charge on any atom is -0.493 e. The van der Waals surface area contributed by atoms with Crippen LogP contribution in [-0.2, 0) is 12.7 Å². The number of hydrogen-bond acceptors (Lipinski definition) is 5. The number of rotatable bonds is 6. The van der Waals surface area contributed by atoms with Gasteiger partial charge in [0.1, 0.15) is 0 Å². The molecule has 154 valence electrons. The fraction of sp³-hybridized carbons (Fsp3) is 0.316. The van der Waals surface area contributed by atoms with Gasteiger partial charge in [-0.25, -0.2) is 9.67 Å². The lowest BCUT2D eigenvalue weighted by atomic mass is 10.2. The number of ether oxygens (including phenoxy) is 1. The molecule has 0 saturated carbocycles. The lowest BCUT2D eigenvalue weighted by Gasteiger charge is -2.08. The molecule has 0 saturated heterocycles. The van der Waals surface area contributed by atoms with Crippen LogP contribution in [0.4, 0.5) is 13.2 Å². The number of carbonyl (C=O) groups excluding carboxylic acids is 1. The van der Waals surface area contributed by atoms with E-state index >= 15 is 0 Å². The van der Waals surface area contributed by atoms with Crippen LogP contribution in [0, 0.1) is 0 Å². The zero-order chi connectivity index (χ0) is 21.2. The molecule has 1 amide bonds. The third-order valence-electron chi connectivity index (χ3n) is 4.05. The molecule has 2 aromatic heterocycles. The Bertz CT molecular complexity index is 1010. The molecule has 0 radical (unpaired) electrons. The Morgan fingerprint density at radius 3 is 2.72 bits per heavy atom. The van der Waals surface area contributed by atoms with Crippen LogP contribution >= 0.6 is 11.3 Å². The number of nitrogens with zero attached hydrogens (tertiary/aromatic N) is 3. The van der Waals surface area contributed by atoms with Crippen LogP contribution < -0.4 is 10.1 Å². The van der Waals surface area contributed by atoms with Crippen molar-refractivity contribution in [3.63, 3.8) is 0 Å². The lowest BCUT2D eigenvalue weighted by Crippen LogP contribution is -2.24. The molecule has 1 aromatic carbocycles. The molecule has 3 aromatic rings. The Kier molecular flexibility index (Phi) is 5.92. The molecule has 0 atom stereocenters. The van der Waals surface area contributed by atoms with Crippen molar-refractivity contribution in [1.82, 2.24) is 20.1 Å². The topological polar surface area (TPSA) is 69.0 Å². The number of methoxy groups -OCH3 is 1. The average molecular weight is 424 g/mol. The molecule has 1 N–H and O–H groups in total. The number of carbonyl (C=O) groups is 1. The summed E-state index contributed by atoms with van der Waals surface area (Å²) in [5, 5.41) is 9.67. The summed E-state index contributed by atoms with van der Waals surface area (Å²) < 4.78 is 45.2. The fourth-order valence-corrected chi connectivity index (χ4v) is 3.38. The third kappa shape index (κ3) is 4.76. The molecule has 0 aliphatic carbocycles. The molecule has 3 rings (SSSR count). The van der Waals surface area contributed by atoms with Gasteiger partial charge in [0.25, 0.3) is 5.91 Å². The van der Waals surface area contributed by atoms with E-state index in [1.54, 1.807) is 0 Å². The highest BCUT2D eigenvalue weighted by molar-refractivity contribution is 7.09. The molecule has 0 aliphatic heterocycles. The highest BCUT2D eigenvalue weighted by atomic mass is 32.1.